The molecule has 3 rings (SSSR count). The van der Waals surface area contributed by atoms with Crippen molar-refractivity contribution >= 4 is 45.6 Å². The second kappa shape index (κ2) is 10.0. The van der Waals surface area contributed by atoms with Gasteiger partial charge in [0.05, 0.1) is 15.5 Å². The van der Waals surface area contributed by atoms with Crippen LogP contribution in [0.1, 0.15) is 19.8 Å². The Bertz CT molecular complexity index is 1080. The minimum Gasteiger partial charge on any atom is -0.326 e. The zero-order valence-electron chi connectivity index (χ0n) is 16.1. The van der Waals surface area contributed by atoms with E-state index in [0.717, 1.165) is 0 Å². The van der Waals surface area contributed by atoms with E-state index in [2.05, 4.69) is 20.9 Å². The number of nitrogens with one attached hydrogen (secondary N) is 3. The van der Waals surface area contributed by atoms with Gasteiger partial charge in [0.15, 0.2) is 0 Å². The van der Waals surface area contributed by atoms with Gasteiger partial charge in [-0.1, -0.05) is 24.9 Å². The third-order valence-electron chi connectivity index (χ3n) is 4.15. The maximum absolute atomic E-state index is 12.7. The van der Waals surface area contributed by atoms with Crippen LogP contribution in [0.5, 0.6) is 0 Å². The van der Waals surface area contributed by atoms with Gasteiger partial charge in [-0.05, 0) is 42.8 Å². The molecule has 0 spiro atoms. The first-order chi connectivity index (χ1) is 14.5. The molecule has 0 radical (unpaired) electrons. The van der Waals surface area contributed by atoms with Crippen molar-refractivity contribution in [1.82, 2.24) is 14.9 Å². The molecule has 0 saturated carbocycles. The number of hydrogen-bond donors (Lipinski definition) is 3. The van der Waals surface area contributed by atoms with E-state index >= 15 is 0 Å². The number of benzene rings is 1. The SMILES string of the molecule is CCC[C@@H](NC(=O)Nc1ccc(Cl)s1)C(=O)Nc1ccc(-n2ccncc2=O)cc1. The fourth-order valence-corrected chi connectivity index (χ4v) is 3.68. The number of carbonyl (C=O) groups is 2. The highest BCUT2D eigenvalue weighted by atomic mass is 35.5. The molecule has 8 nitrogen and oxygen atoms in total. The lowest BCUT2D eigenvalue weighted by molar-refractivity contribution is -0.118. The molecule has 0 saturated heterocycles. The number of urea groups is 1. The highest BCUT2D eigenvalue weighted by molar-refractivity contribution is 7.20. The van der Waals surface area contributed by atoms with Crippen LogP contribution in [0.4, 0.5) is 15.5 Å². The number of aromatic nitrogens is 2. The van der Waals surface area contributed by atoms with Gasteiger partial charge in [0.1, 0.15) is 6.04 Å². The molecule has 3 aromatic rings. The van der Waals surface area contributed by atoms with E-state index in [4.69, 9.17) is 11.6 Å². The molecule has 0 unspecified atom stereocenters. The molecule has 2 heterocycles. The molecule has 30 heavy (non-hydrogen) atoms. The molecule has 0 bridgehead atoms. The second-order valence-corrected chi connectivity index (χ2v) is 8.08. The Labute approximate surface area is 181 Å². The average molecular weight is 446 g/mol. The number of hydrogen-bond acceptors (Lipinski definition) is 5. The van der Waals surface area contributed by atoms with E-state index in [1.165, 1.54) is 28.3 Å². The molecule has 156 valence electrons. The summed E-state index contributed by atoms with van der Waals surface area (Å²) in [4.78, 5) is 40.5. The molecule has 10 heteroatoms. The van der Waals surface area contributed by atoms with Crippen molar-refractivity contribution < 1.29 is 9.59 Å². The summed E-state index contributed by atoms with van der Waals surface area (Å²) in [6.07, 6.45) is 5.51. The lowest BCUT2D eigenvalue weighted by Gasteiger charge is -2.18. The number of anilines is 2. The maximum Gasteiger partial charge on any atom is 0.320 e. The Hall–Kier alpha value is -3.17. The van der Waals surface area contributed by atoms with Gasteiger partial charge >= 0.3 is 6.03 Å². The number of nitrogens with zero attached hydrogens (tertiary/aromatic N) is 2. The maximum atomic E-state index is 12.7. The second-order valence-electron chi connectivity index (χ2n) is 6.36. The standard InChI is InChI=1S/C20H20ClN5O3S/c1-2-3-15(24-20(29)25-17-9-8-16(21)30-17)19(28)23-13-4-6-14(7-5-13)26-11-10-22-12-18(26)27/h4-12,15H,2-3H2,1H3,(H,23,28)(H2,24,25,29)/t15-/m1/s1. The summed E-state index contributed by atoms with van der Waals surface area (Å²) in [6.45, 7) is 1.93. The smallest absolute Gasteiger partial charge is 0.320 e. The Morgan fingerprint density at radius 3 is 2.57 bits per heavy atom. The summed E-state index contributed by atoms with van der Waals surface area (Å²) in [7, 11) is 0. The van der Waals surface area contributed by atoms with Crippen LogP contribution in [-0.4, -0.2) is 27.5 Å². The van der Waals surface area contributed by atoms with Gasteiger partial charge < -0.3 is 10.6 Å². The molecule has 1 atom stereocenters. The Balaban J connectivity index is 1.63. The molecule has 0 aliphatic heterocycles. The van der Waals surface area contributed by atoms with Crippen molar-refractivity contribution in [2.75, 3.05) is 10.6 Å². The topological polar surface area (TPSA) is 105 Å². The predicted octanol–water partition coefficient (Wildman–Crippen LogP) is 3.88. The van der Waals surface area contributed by atoms with E-state index in [1.807, 2.05) is 6.92 Å². The summed E-state index contributed by atoms with van der Waals surface area (Å²) in [5.74, 6) is -0.329. The lowest BCUT2D eigenvalue weighted by atomic mass is 10.1. The average Bonchev–Trinajstić information content (AvgIpc) is 3.13. The molecular formula is C20H20ClN5O3S. The van der Waals surface area contributed by atoms with E-state index in [9.17, 15) is 14.4 Å². The molecule has 0 fully saturated rings. The van der Waals surface area contributed by atoms with Gasteiger partial charge in [0.2, 0.25) is 5.91 Å². The summed E-state index contributed by atoms with van der Waals surface area (Å²) >= 11 is 7.09. The van der Waals surface area contributed by atoms with Crippen molar-refractivity contribution in [3.05, 3.63) is 69.7 Å². The molecule has 1 aromatic carbocycles. The third-order valence-corrected chi connectivity index (χ3v) is 5.29. The van der Waals surface area contributed by atoms with E-state index in [-0.39, 0.29) is 11.5 Å². The van der Waals surface area contributed by atoms with E-state index < -0.39 is 12.1 Å². The molecule has 3 amide bonds. The van der Waals surface area contributed by atoms with Gasteiger partial charge in [-0.15, -0.1) is 11.3 Å². The highest BCUT2D eigenvalue weighted by Crippen LogP contribution is 2.25. The molecular weight excluding hydrogens is 426 g/mol. The summed E-state index contributed by atoms with van der Waals surface area (Å²) in [6, 6.07) is 9.01. The van der Waals surface area contributed by atoms with Crippen LogP contribution in [0.2, 0.25) is 4.34 Å². The summed E-state index contributed by atoms with van der Waals surface area (Å²) in [5.41, 5.74) is 0.955. The molecule has 3 N–H and O–H groups in total. The fourth-order valence-electron chi connectivity index (χ4n) is 2.74. The van der Waals surface area contributed by atoms with Crippen LogP contribution < -0.4 is 21.5 Å². The van der Waals surface area contributed by atoms with Crippen LogP contribution in [0.25, 0.3) is 5.69 Å². The number of halogens is 1. The largest absolute Gasteiger partial charge is 0.326 e. The highest BCUT2D eigenvalue weighted by Gasteiger charge is 2.20. The minimum absolute atomic E-state index is 0.250. The van der Waals surface area contributed by atoms with Gasteiger partial charge in [-0.2, -0.15) is 0 Å². The normalized spacial score (nSPS) is 11.5. The first kappa shape index (κ1) is 21.5. The number of rotatable bonds is 7. The van der Waals surface area contributed by atoms with E-state index in [0.29, 0.717) is 33.6 Å². The monoisotopic (exact) mass is 445 g/mol. The number of carbonyl (C=O) groups excluding carboxylic acids is 2. The third kappa shape index (κ3) is 5.68. The molecule has 0 aliphatic rings. The first-order valence-corrected chi connectivity index (χ1v) is 10.4. The van der Waals surface area contributed by atoms with E-state index in [1.54, 1.807) is 42.6 Å². The van der Waals surface area contributed by atoms with Gasteiger partial charge in [-0.3, -0.25) is 24.5 Å². The van der Waals surface area contributed by atoms with Crippen LogP contribution in [0.3, 0.4) is 0 Å². The molecule has 2 aromatic heterocycles. The van der Waals surface area contributed by atoms with Gasteiger partial charge in [0.25, 0.3) is 5.56 Å². The van der Waals surface area contributed by atoms with Crippen molar-refractivity contribution in [3.8, 4) is 5.69 Å². The summed E-state index contributed by atoms with van der Waals surface area (Å²) in [5, 5.41) is 8.74. The lowest BCUT2D eigenvalue weighted by Crippen LogP contribution is -2.45. The zero-order valence-corrected chi connectivity index (χ0v) is 17.7. The quantitative estimate of drug-likeness (QED) is 0.513. The fraction of sp³-hybridized carbons (Fsp3) is 0.200. The van der Waals surface area contributed by atoms with Crippen molar-refractivity contribution in [1.29, 1.82) is 0 Å². The van der Waals surface area contributed by atoms with Crippen molar-refractivity contribution in [2.24, 2.45) is 0 Å². The van der Waals surface area contributed by atoms with Gasteiger partial charge in [0, 0.05) is 23.8 Å². The predicted molar refractivity (Wildman–Crippen MR) is 119 cm³/mol. The van der Waals surface area contributed by atoms with Crippen molar-refractivity contribution in [3.63, 3.8) is 0 Å². The van der Waals surface area contributed by atoms with Gasteiger partial charge in [-0.25, -0.2) is 4.79 Å². The molecule has 0 aliphatic carbocycles. The Morgan fingerprint density at radius 1 is 1.17 bits per heavy atom. The minimum atomic E-state index is -0.701. The van der Waals surface area contributed by atoms with Crippen LogP contribution in [-0.2, 0) is 4.79 Å². The van der Waals surface area contributed by atoms with Crippen LogP contribution in [0.15, 0.2) is 59.8 Å². The van der Waals surface area contributed by atoms with Crippen LogP contribution in [0, 0.1) is 0 Å². The van der Waals surface area contributed by atoms with Crippen molar-refractivity contribution in [2.45, 2.75) is 25.8 Å². The number of amides is 3. The Kier molecular flexibility index (Phi) is 7.21. The number of thiophene rings is 1. The summed E-state index contributed by atoms with van der Waals surface area (Å²) < 4.78 is 2.01. The van der Waals surface area contributed by atoms with Crippen LogP contribution >= 0.6 is 22.9 Å². The first-order valence-electron chi connectivity index (χ1n) is 9.23. The Morgan fingerprint density at radius 2 is 1.93 bits per heavy atom. The zero-order chi connectivity index (χ0) is 21.5.